The largest absolute Gasteiger partial charge is 0.493 e. The summed E-state index contributed by atoms with van der Waals surface area (Å²) in [4.78, 5) is 17.6. The van der Waals surface area contributed by atoms with Crippen LogP contribution in [0.1, 0.15) is 31.4 Å². The summed E-state index contributed by atoms with van der Waals surface area (Å²) in [6, 6.07) is 9.36. The van der Waals surface area contributed by atoms with Gasteiger partial charge in [0.25, 0.3) is 5.91 Å². The maximum absolute atomic E-state index is 12.5. The van der Waals surface area contributed by atoms with Crippen molar-refractivity contribution in [2.45, 2.75) is 33.3 Å². The molecule has 8 heteroatoms. The van der Waals surface area contributed by atoms with Gasteiger partial charge < -0.3 is 14.8 Å². The molecule has 30 heavy (non-hydrogen) atoms. The molecule has 0 bridgehead atoms. The number of ether oxygens (including phenoxy) is 2. The fourth-order valence-electron chi connectivity index (χ4n) is 2.68. The number of benzene rings is 2. The summed E-state index contributed by atoms with van der Waals surface area (Å²) < 4.78 is 12.4. The Morgan fingerprint density at radius 2 is 2.13 bits per heavy atom. The minimum absolute atomic E-state index is 0.0847. The van der Waals surface area contributed by atoms with Crippen molar-refractivity contribution >= 4 is 68.8 Å². The van der Waals surface area contributed by atoms with Gasteiger partial charge in [-0.3, -0.25) is 4.79 Å². The van der Waals surface area contributed by atoms with E-state index < -0.39 is 0 Å². The molecule has 3 rings (SSSR count). The van der Waals surface area contributed by atoms with E-state index in [1.807, 2.05) is 50.3 Å². The molecule has 1 fully saturated rings. The molecular weight excluding hydrogens is 535 g/mol. The molecule has 1 saturated heterocycles. The first-order chi connectivity index (χ1) is 14.3. The maximum Gasteiger partial charge on any atom is 0.264 e. The predicted octanol–water partition coefficient (Wildman–Crippen LogP) is 6.33. The van der Waals surface area contributed by atoms with Crippen LogP contribution in [0.4, 0.5) is 5.69 Å². The number of hydrogen-bond donors (Lipinski definition) is 1. The molecule has 1 aliphatic rings. The zero-order valence-electron chi connectivity index (χ0n) is 17.1. The maximum atomic E-state index is 12.5. The molecule has 1 amide bonds. The second kappa shape index (κ2) is 10.1. The van der Waals surface area contributed by atoms with Crippen LogP contribution < -0.4 is 14.8 Å². The van der Waals surface area contributed by atoms with E-state index in [-0.39, 0.29) is 12.0 Å². The van der Waals surface area contributed by atoms with Crippen LogP contribution in [-0.2, 0) is 4.79 Å². The number of thioether (sulfide) groups is 1. The average molecular weight is 557 g/mol. The van der Waals surface area contributed by atoms with Gasteiger partial charge in [0.1, 0.15) is 0 Å². The topological polar surface area (TPSA) is 59.9 Å². The first kappa shape index (κ1) is 23.0. The van der Waals surface area contributed by atoms with Crippen LogP contribution in [0.5, 0.6) is 11.5 Å². The zero-order chi connectivity index (χ0) is 21.8. The molecule has 5 nitrogen and oxygen atoms in total. The number of methoxy groups -OCH3 is 1. The Hall–Kier alpha value is -1.71. The molecule has 0 saturated carbocycles. The summed E-state index contributed by atoms with van der Waals surface area (Å²) in [6.45, 7) is 5.99. The summed E-state index contributed by atoms with van der Waals surface area (Å²) in [5.41, 5.74) is 2.45. The number of rotatable bonds is 6. The van der Waals surface area contributed by atoms with Crippen molar-refractivity contribution < 1.29 is 14.3 Å². The lowest BCUT2D eigenvalue weighted by Crippen LogP contribution is -2.19. The molecule has 0 aliphatic carbocycles. The summed E-state index contributed by atoms with van der Waals surface area (Å²) in [5.74, 6) is 1.17. The number of hydrogen-bond acceptors (Lipinski definition) is 5. The quantitative estimate of drug-likeness (QED) is 0.334. The zero-order valence-corrected chi connectivity index (χ0v) is 20.8. The van der Waals surface area contributed by atoms with Crippen molar-refractivity contribution in [3.63, 3.8) is 0 Å². The van der Waals surface area contributed by atoms with Gasteiger partial charge in [-0.05, 0) is 96.1 Å². The number of aliphatic imine (C=N–C) groups is 1. The van der Waals surface area contributed by atoms with E-state index in [1.54, 1.807) is 7.11 Å². The highest BCUT2D eigenvalue weighted by Crippen LogP contribution is 2.37. The normalized spacial score (nSPS) is 17.3. The number of nitrogens with one attached hydrogen (secondary N) is 1. The van der Waals surface area contributed by atoms with Crippen molar-refractivity contribution in [1.29, 1.82) is 0 Å². The van der Waals surface area contributed by atoms with E-state index in [0.29, 0.717) is 20.8 Å². The number of nitrogens with zero attached hydrogens (tertiary/aromatic N) is 1. The number of carbonyl (C=O) groups is 1. The van der Waals surface area contributed by atoms with Crippen molar-refractivity contribution in [2.75, 3.05) is 7.11 Å². The van der Waals surface area contributed by atoms with Crippen molar-refractivity contribution in [3.8, 4) is 11.5 Å². The van der Waals surface area contributed by atoms with Crippen LogP contribution in [0.15, 0.2) is 40.2 Å². The fourth-order valence-corrected chi connectivity index (χ4v) is 4.44. The number of halogens is 2. The standard InChI is InChI=1S/C22H22ClIN2O3S/c1-5-12(2)29-20-16(24)9-14(10-18(20)28-4)11-19-21(27)26-22(30-19)25-17-8-6-7-15(23)13(17)3/h6-12H,5H2,1-4H3,(H,25,26,27)/b19-11+/t12-/m0/s1. The molecule has 0 unspecified atom stereocenters. The second-order valence-electron chi connectivity index (χ2n) is 6.74. The van der Waals surface area contributed by atoms with Gasteiger partial charge in [0, 0.05) is 5.02 Å². The van der Waals surface area contributed by atoms with Crippen molar-refractivity contribution in [1.82, 2.24) is 5.32 Å². The number of amides is 1. The Balaban J connectivity index is 1.88. The molecule has 1 aliphatic heterocycles. The van der Waals surface area contributed by atoms with Gasteiger partial charge in [-0.15, -0.1) is 0 Å². The van der Waals surface area contributed by atoms with Crippen LogP contribution in [0.3, 0.4) is 0 Å². The molecule has 1 atom stereocenters. The smallest absolute Gasteiger partial charge is 0.264 e. The lowest BCUT2D eigenvalue weighted by atomic mass is 10.1. The van der Waals surface area contributed by atoms with Gasteiger partial charge in [-0.1, -0.05) is 24.6 Å². The number of carbonyl (C=O) groups excluding carboxylic acids is 1. The summed E-state index contributed by atoms with van der Waals surface area (Å²) in [5, 5.41) is 3.98. The molecule has 2 aromatic rings. The van der Waals surface area contributed by atoms with Crippen LogP contribution in [0, 0.1) is 10.5 Å². The molecule has 2 aromatic carbocycles. The third-order valence-corrected chi connectivity index (χ3v) is 6.68. The first-order valence-electron chi connectivity index (χ1n) is 9.41. The van der Waals surface area contributed by atoms with E-state index in [1.165, 1.54) is 11.8 Å². The average Bonchev–Trinajstić information content (AvgIpc) is 3.05. The highest BCUT2D eigenvalue weighted by Gasteiger charge is 2.24. The van der Waals surface area contributed by atoms with Crippen molar-refractivity contribution in [3.05, 3.63) is 55.0 Å². The van der Waals surface area contributed by atoms with Crippen LogP contribution in [-0.4, -0.2) is 24.3 Å². The van der Waals surface area contributed by atoms with Gasteiger partial charge >= 0.3 is 0 Å². The Kier molecular flexibility index (Phi) is 7.70. The van der Waals surface area contributed by atoms with E-state index in [9.17, 15) is 4.79 Å². The third kappa shape index (κ3) is 5.31. The molecule has 0 spiro atoms. The van der Waals surface area contributed by atoms with Crippen LogP contribution in [0.2, 0.25) is 5.02 Å². The van der Waals surface area contributed by atoms with Crippen LogP contribution in [0.25, 0.3) is 6.08 Å². The Morgan fingerprint density at radius 1 is 1.37 bits per heavy atom. The summed E-state index contributed by atoms with van der Waals surface area (Å²) in [7, 11) is 1.61. The number of amidine groups is 1. The monoisotopic (exact) mass is 556 g/mol. The third-order valence-electron chi connectivity index (χ3n) is 4.56. The highest BCUT2D eigenvalue weighted by molar-refractivity contribution is 14.1. The Morgan fingerprint density at radius 3 is 2.83 bits per heavy atom. The van der Waals surface area contributed by atoms with E-state index in [4.69, 9.17) is 21.1 Å². The molecule has 1 N–H and O–H groups in total. The van der Waals surface area contributed by atoms with Gasteiger partial charge in [0.2, 0.25) is 0 Å². The lowest BCUT2D eigenvalue weighted by molar-refractivity contribution is -0.115. The second-order valence-corrected chi connectivity index (χ2v) is 9.34. The molecule has 158 valence electrons. The molecule has 0 aromatic heterocycles. The molecule has 1 heterocycles. The highest BCUT2D eigenvalue weighted by atomic mass is 127. The first-order valence-corrected chi connectivity index (χ1v) is 11.7. The van der Waals surface area contributed by atoms with Crippen molar-refractivity contribution in [2.24, 2.45) is 4.99 Å². The lowest BCUT2D eigenvalue weighted by Gasteiger charge is -2.17. The molecular formula is C22H22ClIN2O3S. The summed E-state index contributed by atoms with van der Waals surface area (Å²) >= 11 is 9.68. The van der Waals surface area contributed by atoms with E-state index in [0.717, 1.165) is 32.6 Å². The van der Waals surface area contributed by atoms with Gasteiger partial charge in [-0.2, -0.15) is 0 Å². The Bertz CT molecular complexity index is 1040. The van der Waals surface area contributed by atoms with Gasteiger partial charge in [-0.25, -0.2) is 4.99 Å². The fraction of sp³-hybridized carbons (Fsp3) is 0.273. The minimum atomic E-state index is -0.188. The van der Waals surface area contributed by atoms with E-state index >= 15 is 0 Å². The van der Waals surface area contributed by atoms with Crippen LogP contribution >= 0.6 is 46.0 Å². The minimum Gasteiger partial charge on any atom is -0.493 e. The Labute approximate surface area is 199 Å². The molecule has 0 radical (unpaired) electrons. The SMILES string of the molecule is CC[C@H](C)Oc1c(I)cc(/C=C2/SC(=Nc3cccc(Cl)c3C)NC2=O)cc1OC. The summed E-state index contributed by atoms with van der Waals surface area (Å²) in [6.07, 6.45) is 2.81. The van der Waals surface area contributed by atoms with E-state index in [2.05, 4.69) is 39.8 Å². The van der Waals surface area contributed by atoms with Gasteiger partial charge in [0.15, 0.2) is 16.7 Å². The van der Waals surface area contributed by atoms with Gasteiger partial charge in [0.05, 0.1) is 27.4 Å². The predicted molar refractivity (Wildman–Crippen MR) is 133 cm³/mol.